The second kappa shape index (κ2) is 11.6. The van der Waals surface area contributed by atoms with Gasteiger partial charge in [0.2, 0.25) is 11.8 Å². The van der Waals surface area contributed by atoms with E-state index in [0.717, 1.165) is 22.6 Å². The molecular formula is C37H31Cl2FN2O6. The van der Waals surface area contributed by atoms with Gasteiger partial charge in [0.15, 0.2) is 9.75 Å². The summed E-state index contributed by atoms with van der Waals surface area (Å²) in [5.74, 6) is -6.52. The first-order valence-electron chi connectivity index (χ1n) is 15.7. The molecule has 4 aliphatic rings. The smallest absolute Gasteiger partial charge is 0.258 e. The summed E-state index contributed by atoms with van der Waals surface area (Å²) in [6, 6.07) is 16.3. The number of phenolic OH excluding ortho intramolecular Hbond substituents is 2. The number of benzene rings is 3. The second-order valence-corrected chi connectivity index (χ2v) is 14.1. The maximum atomic E-state index is 14.5. The molecule has 2 aliphatic carbocycles. The van der Waals surface area contributed by atoms with Crippen molar-refractivity contribution >= 4 is 52.5 Å². The van der Waals surface area contributed by atoms with Crippen LogP contribution >= 0.6 is 23.2 Å². The molecule has 4 amide bonds. The number of nitrogens with zero attached hydrogens (tertiary/aromatic N) is 2. The summed E-state index contributed by atoms with van der Waals surface area (Å²) in [6.45, 7) is 3.88. The van der Waals surface area contributed by atoms with Gasteiger partial charge in [-0.15, -0.1) is 29.8 Å². The quantitative estimate of drug-likeness (QED) is 0.185. The van der Waals surface area contributed by atoms with Crippen molar-refractivity contribution in [1.82, 2.24) is 4.90 Å². The number of imide groups is 2. The van der Waals surface area contributed by atoms with Gasteiger partial charge in [0.25, 0.3) is 11.8 Å². The van der Waals surface area contributed by atoms with E-state index in [1.165, 1.54) is 29.2 Å². The zero-order chi connectivity index (χ0) is 34.1. The van der Waals surface area contributed by atoms with Crippen LogP contribution in [0.4, 0.5) is 10.1 Å². The molecule has 2 heterocycles. The van der Waals surface area contributed by atoms with Crippen LogP contribution in [0.5, 0.6) is 11.5 Å². The summed E-state index contributed by atoms with van der Waals surface area (Å²) >= 11 is 14.8. The van der Waals surface area contributed by atoms with Gasteiger partial charge in [-0.05, 0) is 79.1 Å². The summed E-state index contributed by atoms with van der Waals surface area (Å²) in [5, 5.41) is 21.2. The first kappa shape index (κ1) is 32.1. The number of hydrogen-bond donors (Lipinski definition) is 2. The number of halogens is 3. The van der Waals surface area contributed by atoms with Crippen molar-refractivity contribution in [3.05, 3.63) is 114 Å². The molecule has 2 aliphatic heterocycles. The van der Waals surface area contributed by atoms with Crippen LogP contribution in [-0.4, -0.2) is 55.0 Å². The van der Waals surface area contributed by atoms with Crippen LogP contribution in [0.15, 0.2) is 91.0 Å². The van der Waals surface area contributed by atoms with E-state index in [1.807, 2.05) is 6.08 Å². The SMILES string of the molecule is C=CCc1cccc(C2C3=CCC4C(=O)N(CCc5ccc(O)cc5)C(=O)C4C3CC3(Cl)C(=O)N(c4ccc(F)cc4)C(=O)C23Cl)c1O. The van der Waals surface area contributed by atoms with Gasteiger partial charge in [0, 0.05) is 18.0 Å². The predicted octanol–water partition coefficient (Wildman–Crippen LogP) is 5.77. The predicted molar refractivity (Wildman–Crippen MR) is 177 cm³/mol. The van der Waals surface area contributed by atoms with E-state index in [-0.39, 0.29) is 48.0 Å². The summed E-state index contributed by atoms with van der Waals surface area (Å²) < 4.78 is 13.9. The minimum absolute atomic E-state index is 0.0755. The van der Waals surface area contributed by atoms with Crippen LogP contribution in [0.2, 0.25) is 0 Å². The number of carbonyl (C=O) groups is 4. The fraction of sp³-hybridized carbons (Fsp3) is 0.297. The number of aromatic hydroxyl groups is 2. The van der Waals surface area contributed by atoms with Gasteiger partial charge in [-0.25, -0.2) is 9.29 Å². The number of anilines is 1. The van der Waals surface area contributed by atoms with E-state index in [2.05, 4.69) is 6.58 Å². The number of para-hydroxylation sites is 1. The summed E-state index contributed by atoms with van der Waals surface area (Å²) in [4.78, 5) is 54.6. The molecule has 2 saturated heterocycles. The van der Waals surface area contributed by atoms with Crippen molar-refractivity contribution < 1.29 is 33.8 Å². The highest BCUT2D eigenvalue weighted by molar-refractivity contribution is 6.58. The van der Waals surface area contributed by atoms with Crippen molar-refractivity contribution in [3.63, 3.8) is 0 Å². The number of fused-ring (bicyclic) bond motifs is 4. The number of carbonyl (C=O) groups excluding carboxylic acids is 4. The van der Waals surface area contributed by atoms with Crippen LogP contribution in [0.1, 0.15) is 35.4 Å². The van der Waals surface area contributed by atoms with Gasteiger partial charge in [-0.2, -0.15) is 0 Å². The lowest BCUT2D eigenvalue weighted by Gasteiger charge is -2.50. The third-order valence-electron chi connectivity index (χ3n) is 10.4. The number of hydrogen-bond acceptors (Lipinski definition) is 6. The molecule has 11 heteroatoms. The lowest BCUT2D eigenvalue weighted by Crippen LogP contribution is -2.60. The molecule has 3 aromatic rings. The van der Waals surface area contributed by atoms with Crippen LogP contribution in [-0.2, 0) is 32.0 Å². The Hall–Kier alpha value is -4.47. The zero-order valence-electron chi connectivity index (χ0n) is 25.6. The van der Waals surface area contributed by atoms with E-state index in [4.69, 9.17) is 23.2 Å². The maximum Gasteiger partial charge on any atom is 0.258 e. The van der Waals surface area contributed by atoms with E-state index >= 15 is 0 Å². The Morgan fingerprint density at radius 2 is 1.62 bits per heavy atom. The average Bonchev–Trinajstić information content (AvgIpc) is 3.40. The zero-order valence-corrected chi connectivity index (χ0v) is 27.1. The number of amides is 4. The fourth-order valence-corrected chi connectivity index (χ4v) is 9.02. The lowest BCUT2D eigenvalue weighted by atomic mass is 9.56. The van der Waals surface area contributed by atoms with E-state index in [0.29, 0.717) is 24.0 Å². The topological polar surface area (TPSA) is 115 Å². The van der Waals surface area contributed by atoms with E-state index < -0.39 is 57.0 Å². The normalized spacial score (nSPS) is 29.4. The Bertz CT molecular complexity index is 1910. The number of rotatable bonds is 7. The molecule has 6 atom stereocenters. The van der Waals surface area contributed by atoms with Crippen molar-refractivity contribution in [3.8, 4) is 11.5 Å². The Balaban J connectivity index is 1.34. The molecule has 8 nitrogen and oxygen atoms in total. The monoisotopic (exact) mass is 688 g/mol. The largest absolute Gasteiger partial charge is 0.508 e. The summed E-state index contributed by atoms with van der Waals surface area (Å²) in [5.41, 5.74) is 2.23. The molecule has 2 N–H and O–H groups in total. The molecule has 0 spiro atoms. The van der Waals surface area contributed by atoms with Crippen molar-refractivity contribution in [2.45, 2.75) is 41.3 Å². The minimum atomic E-state index is -2.15. The highest BCUT2D eigenvalue weighted by Crippen LogP contribution is 2.66. The highest BCUT2D eigenvalue weighted by Gasteiger charge is 2.76. The van der Waals surface area contributed by atoms with E-state index in [9.17, 15) is 33.8 Å². The van der Waals surface area contributed by atoms with Gasteiger partial charge in [0.05, 0.1) is 17.5 Å². The highest BCUT2D eigenvalue weighted by atomic mass is 35.5. The molecular weight excluding hydrogens is 658 g/mol. The maximum absolute atomic E-state index is 14.5. The second-order valence-electron chi connectivity index (χ2n) is 12.8. The Kier molecular flexibility index (Phi) is 7.75. The minimum Gasteiger partial charge on any atom is -0.508 e. The number of alkyl halides is 2. The number of allylic oxidation sites excluding steroid dienone is 3. The molecule has 0 aromatic heterocycles. The number of phenols is 2. The molecule has 3 fully saturated rings. The summed E-state index contributed by atoms with van der Waals surface area (Å²) in [7, 11) is 0. The van der Waals surface area contributed by atoms with Crippen molar-refractivity contribution in [2.75, 3.05) is 11.4 Å². The number of likely N-dealkylation sites (tertiary alicyclic amines) is 1. The molecule has 246 valence electrons. The van der Waals surface area contributed by atoms with Crippen LogP contribution < -0.4 is 4.90 Å². The molecule has 6 unspecified atom stereocenters. The van der Waals surface area contributed by atoms with Crippen molar-refractivity contribution in [1.29, 1.82) is 0 Å². The summed E-state index contributed by atoms with van der Waals surface area (Å²) in [6.07, 6.45) is 4.07. The molecule has 3 aromatic carbocycles. The molecule has 7 rings (SSSR count). The van der Waals surface area contributed by atoms with Crippen LogP contribution in [0, 0.1) is 23.6 Å². The molecule has 0 radical (unpaired) electrons. The van der Waals surface area contributed by atoms with Gasteiger partial charge in [0.1, 0.15) is 17.3 Å². The van der Waals surface area contributed by atoms with Gasteiger partial charge in [-0.1, -0.05) is 48.1 Å². The van der Waals surface area contributed by atoms with Crippen molar-refractivity contribution in [2.24, 2.45) is 17.8 Å². The third kappa shape index (κ3) is 4.54. The van der Waals surface area contributed by atoms with E-state index in [1.54, 1.807) is 36.4 Å². The standard InChI is InChI=1S/C37H31Cl2FN2O6/c1-2-4-21-5-3-6-27(31(21)44)30-25-15-16-26-29(33(46)41(32(26)45)18-17-20-7-13-24(43)14-8-20)28(25)19-36(38)34(47)42(35(48)37(30,36)39)23-11-9-22(40)10-12-23/h2-3,5-15,26,28-30,43-44H,1,4,16-19H2. The van der Waals surface area contributed by atoms with Gasteiger partial charge < -0.3 is 10.2 Å². The molecule has 0 bridgehead atoms. The first-order valence-corrected chi connectivity index (χ1v) is 16.4. The van der Waals surface area contributed by atoms with Crippen LogP contribution in [0.25, 0.3) is 0 Å². The lowest BCUT2D eigenvalue weighted by molar-refractivity contribution is -0.140. The molecule has 48 heavy (non-hydrogen) atoms. The Labute approximate surface area is 286 Å². The average molecular weight is 690 g/mol. The van der Waals surface area contributed by atoms with Crippen LogP contribution in [0.3, 0.4) is 0 Å². The fourth-order valence-electron chi connectivity index (χ4n) is 8.10. The third-order valence-corrected chi connectivity index (χ3v) is 11.8. The Morgan fingerprint density at radius 3 is 2.31 bits per heavy atom. The van der Waals surface area contributed by atoms with Gasteiger partial charge >= 0.3 is 0 Å². The Morgan fingerprint density at radius 1 is 0.917 bits per heavy atom. The van der Waals surface area contributed by atoms with Gasteiger partial charge in [-0.3, -0.25) is 24.1 Å². The molecule has 1 saturated carbocycles. The first-order chi connectivity index (χ1) is 22.9.